The molecular weight excluding hydrogens is 304 g/mol. The van der Waals surface area contributed by atoms with E-state index in [1.165, 1.54) is 0 Å². The Labute approximate surface area is 122 Å². The third-order valence-electron chi connectivity index (χ3n) is 2.90. The third-order valence-corrected chi connectivity index (χ3v) is 2.90. The van der Waals surface area contributed by atoms with E-state index in [9.17, 15) is 0 Å². The van der Waals surface area contributed by atoms with E-state index in [0.717, 1.165) is 29.8 Å². The molecular formula is C15H15BrN2O. The first-order chi connectivity index (χ1) is 8.85. The average molecular weight is 319 g/mol. The summed E-state index contributed by atoms with van der Waals surface area (Å²) in [6.45, 7) is 5.30. The molecule has 19 heavy (non-hydrogen) atoms. The first-order valence-electron chi connectivity index (χ1n) is 5.98. The Kier molecular flexibility index (Phi) is 4.22. The maximum atomic E-state index is 5.79. The molecule has 0 aliphatic rings. The lowest BCUT2D eigenvalue weighted by Gasteiger charge is -1.91. The Morgan fingerprint density at radius 2 is 2.16 bits per heavy atom. The predicted octanol–water partition coefficient (Wildman–Crippen LogP) is -0.240. The summed E-state index contributed by atoms with van der Waals surface area (Å²) >= 11 is 0. The zero-order valence-electron chi connectivity index (χ0n) is 10.5. The second-order valence-electron chi connectivity index (χ2n) is 4.32. The van der Waals surface area contributed by atoms with Crippen molar-refractivity contribution in [3.05, 3.63) is 67.5 Å². The maximum absolute atomic E-state index is 5.79. The first kappa shape index (κ1) is 13.6. The van der Waals surface area contributed by atoms with Gasteiger partial charge in [-0.2, -0.15) is 0 Å². The minimum Gasteiger partial charge on any atom is -1.00 e. The molecule has 98 valence electrons. The van der Waals surface area contributed by atoms with Crippen LogP contribution in [-0.2, 0) is 13.1 Å². The number of hydrogen-bond acceptors (Lipinski definition) is 1. The van der Waals surface area contributed by atoms with Gasteiger partial charge in [0.25, 0.3) is 0 Å². The van der Waals surface area contributed by atoms with Gasteiger partial charge in [0.1, 0.15) is 36.8 Å². The van der Waals surface area contributed by atoms with Crippen LogP contribution < -0.4 is 21.5 Å². The number of aromatic nitrogens is 2. The van der Waals surface area contributed by atoms with Gasteiger partial charge in [-0.15, -0.1) is 0 Å². The molecule has 0 spiro atoms. The zero-order valence-corrected chi connectivity index (χ0v) is 12.1. The highest BCUT2D eigenvalue weighted by Gasteiger charge is 2.08. The van der Waals surface area contributed by atoms with Gasteiger partial charge >= 0.3 is 0 Å². The van der Waals surface area contributed by atoms with Gasteiger partial charge < -0.3 is 21.4 Å². The molecule has 0 unspecified atom stereocenters. The van der Waals surface area contributed by atoms with Crippen molar-refractivity contribution >= 4 is 11.0 Å². The van der Waals surface area contributed by atoms with Crippen LogP contribution in [0.4, 0.5) is 0 Å². The van der Waals surface area contributed by atoms with E-state index in [-0.39, 0.29) is 17.0 Å². The predicted molar refractivity (Wildman–Crippen MR) is 70.1 cm³/mol. The van der Waals surface area contributed by atoms with Gasteiger partial charge in [-0.05, 0) is 12.1 Å². The van der Waals surface area contributed by atoms with Gasteiger partial charge in [0, 0.05) is 5.39 Å². The highest BCUT2D eigenvalue weighted by Crippen LogP contribution is 2.18. The van der Waals surface area contributed by atoms with E-state index in [0.29, 0.717) is 0 Å². The molecule has 0 amide bonds. The molecule has 0 bridgehead atoms. The summed E-state index contributed by atoms with van der Waals surface area (Å²) in [6.07, 6.45) is 8.00. The van der Waals surface area contributed by atoms with Crippen LogP contribution in [-0.4, -0.2) is 4.57 Å². The monoisotopic (exact) mass is 318 g/mol. The summed E-state index contributed by atoms with van der Waals surface area (Å²) in [5.41, 5.74) is 0.943. The van der Waals surface area contributed by atoms with Gasteiger partial charge in [-0.25, -0.2) is 9.13 Å². The van der Waals surface area contributed by atoms with Crippen LogP contribution in [0.3, 0.4) is 0 Å². The van der Waals surface area contributed by atoms with E-state index < -0.39 is 0 Å². The zero-order chi connectivity index (χ0) is 12.4. The SMILES string of the molecule is C=CCn1cc[n+](Cc2cc3ccccc3o2)c1.[Br-]. The number of para-hydroxylation sites is 1. The summed E-state index contributed by atoms with van der Waals surface area (Å²) in [5.74, 6) is 0.970. The lowest BCUT2D eigenvalue weighted by Crippen LogP contribution is -3.00. The number of imidazole rings is 1. The maximum Gasteiger partial charge on any atom is 0.244 e. The molecule has 1 aromatic carbocycles. The largest absolute Gasteiger partial charge is 1.00 e. The second kappa shape index (κ2) is 5.89. The van der Waals surface area contributed by atoms with Crippen LogP contribution >= 0.6 is 0 Å². The van der Waals surface area contributed by atoms with Gasteiger partial charge in [0.15, 0.2) is 0 Å². The molecule has 0 atom stereocenters. The number of halogens is 1. The van der Waals surface area contributed by atoms with Gasteiger partial charge in [-0.1, -0.05) is 30.9 Å². The Morgan fingerprint density at radius 3 is 2.95 bits per heavy atom. The Morgan fingerprint density at radius 1 is 1.32 bits per heavy atom. The van der Waals surface area contributed by atoms with E-state index in [1.807, 2.05) is 36.7 Å². The quantitative estimate of drug-likeness (QED) is 0.481. The lowest BCUT2D eigenvalue weighted by molar-refractivity contribution is -0.689. The van der Waals surface area contributed by atoms with Gasteiger partial charge in [0.2, 0.25) is 6.33 Å². The normalized spacial score (nSPS) is 10.3. The topological polar surface area (TPSA) is 21.9 Å². The Bertz CT molecular complexity index is 651. The second-order valence-corrected chi connectivity index (χ2v) is 4.32. The van der Waals surface area contributed by atoms with Crippen molar-refractivity contribution in [2.24, 2.45) is 0 Å². The summed E-state index contributed by atoms with van der Waals surface area (Å²) in [6, 6.07) is 10.2. The molecule has 3 rings (SSSR count). The number of furan rings is 1. The number of benzene rings is 1. The summed E-state index contributed by atoms with van der Waals surface area (Å²) in [4.78, 5) is 0. The van der Waals surface area contributed by atoms with E-state index in [1.54, 1.807) is 0 Å². The van der Waals surface area contributed by atoms with Crippen LogP contribution in [0, 0.1) is 0 Å². The molecule has 0 radical (unpaired) electrons. The molecule has 3 nitrogen and oxygen atoms in total. The molecule has 2 heterocycles. The fourth-order valence-electron chi connectivity index (χ4n) is 2.08. The van der Waals surface area contributed by atoms with Crippen molar-refractivity contribution in [1.29, 1.82) is 0 Å². The number of allylic oxidation sites excluding steroid dienone is 1. The van der Waals surface area contributed by atoms with Crippen molar-refractivity contribution in [2.75, 3.05) is 0 Å². The molecule has 2 aromatic heterocycles. The molecule has 4 heteroatoms. The Balaban J connectivity index is 0.00000133. The minimum atomic E-state index is 0. The van der Waals surface area contributed by atoms with E-state index in [4.69, 9.17) is 4.42 Å². The highest BCUT2D eigenvalue weighted by atomic mass is 79.9. The third kappa shape index (κ3) is 2.96. The lowest BCUT2D eigenvalue weighted by atomic mass is 10.2. The van der Waals surface area contributed by atoms with E-state index in [2.05, 4.69) is 34.2 Å². The minimum absolute atomic E-state index is 0. The fraction of sp³-hybridized carbons (Fsp3) is 0.133. The highest BCUT2D eigenvalue weighted by molar-refractivity contribution is 5.77. The van der Waals surface area contributed by atoms with Crippen molar-refractivity contribution in [2.45, 2.75) is 13.1 Å². The first-order valence-corrected chi connectivity index (χ1v) is 5.98. The average Bonchev–Trinajstić information content (AvgIpc) is 2.96. The van der Waals surface area contributed by atoms with E-state index >= 15 is 0 Å². The molecule has 0 N–H and O–H groups in total. The molecule has 0 aliphatic carbocycles. The smallest absolute Gasteiger partial charge is 0.244 e. The molecule has 0 saturated heterocycles. The molecule has 3 aromatic rings. The molecule has 0 aliphatic heterocycles. The summed E-state index contributed by atoms with van der Waals surface area (Å²) < 4.78 is 9.97. The number of hydrogen-bond donors (Lipinski definition) is 0. The van der Waals surface area contributed by atoms with Crippen LogP contribution in [0.25, 0.3) is 11.0 Å². The molecule has 0 saturated carbocycles. The van der Waals surface area contributed by atoms with Crippen LogP contribution in [0.5, 0.6) is 0 Å². The van der Waals surface area contributed by atoms with Crippen LogP contribution in [0.1, 0.15) is 5.76 Å². The van der Waals surface area contributed by atoms with Crippen molar-refractivity contribution in [1.82, 2.24) is 4.57 Å². The van der Waals surface area contributed by atoms with Gasteiger partial charge in [0.05, 0.1) is 0 Å². The van der Waals surface area contributed by atoms with Crippen molar-refractivity contribution < 1.29 is 26.0 Å². The summed E-state index contributed by atoms with van der Waals surface area (Å²) in [7, 11) is 0. The fourth-order valence-corrected chi connectivity index (χ4v) is 2.08. The number of fused-ring (bicyclic) bond motifs is 1. The summed E-state index contributed by atoms with van der Waals surface area (Å²) in [5, 5.41) is 1.15. The number of nitrogens with zero attached hydrogens (tertiary/aromatic N) is 2. The van der Waals surface area contributed by atoms with Gasteiger partial charge in [-0.3, -0.25) is 0 Å². The molecule has 0 fully saturated rings. The number of rotatable bonds is 4. The standard InChI is InChI=1S/C15H15N2O.BrH/c1-2-7-16-8-9-17(12-16)11-14-10-13-5-3-4-6-15(13)18-14;/h2-6,8-10,12H,1,7,11H2;1H/q+1;/p-1. The van der Waals surface area contributed by atoms with Crippen molar-refractivity contribution in [3.63, 3.8) is 0 Å². The Hall–Kier alpha value is -1.81. The van der Waals surface area contributed by atoms with Crippen LogP contribution in [0.15, 0.2) is 66.1 Å². The van der Waals surface area contributed by atoms with Crippen molar-refractivity contribution in [3.8, 4) is 0 Å². The van der Waals surface area contributed by atoms with Crippen LogP contribution in [0.2, 0.25) is 0 Å².